The lowest BCUT2D eigenvalue weighted by Gasteiger charge is -2.16. The number of benzene rings is 1. The molecule has 1 aliphatic carbocycles. The number of carbonyl (C=O) groups excluding carboxylic acids is 1. The third kappa shape index (κ3) is 5.49. The zero-order chi connectivity index (χ0) is 16.2. The molecule has 4 N–H and O–H groups in total. The minimum atomic E-state index is -0.0572. The predicted molar refractivity (Wildman–Crippen MR) is 99.1 cm³/mol. The third-order valence-electron chi connectivity index (χ3n) is 4.12. The molecule has 7 nitrogen and oxygen atoms in total. The van der Waals surface area contributed by atoms with Crippen molar-refractivity contribution < 1.29 is 9.53 Å². The van der Waals surface area contributed by atoms with Gasteiger partial charge in [0.25, 0.3) is 0 Å². The molecular weight excluding hydrogens is 365 g/mol. The molecule has 138 valence electrons. The van der Waals surface area contributed by atoms with Crippen molar-refractivity contribution in [3.05, 3.63) is 47.8 Å². The topological polar surface area (TPSA) is 109 Å². The van der Waals surface area contributed by atoms with Gasteiger partial charge in [-0.2, -0.15) is 0 Å². The van der Waals surface area contributed by atoms with E-state index in [9.17, 15) is 4.79 Å². The maximum atomic E-state index is 12.3. The van der Waals surface area contributed by atoms with Crippen molar-refractivity contribution in [2.75, 3.05) is 0 Å². The molecule has 0 radical (unpaired) electrons. The van der Waals surface area contributed by atoms with Crippen LogP contribution in [0.25, 0.3) is 0 Å². The Balaban J connectivity index is 0.00000156. The lowest BCUT2D eigenvalue weighted by atomic mass is 10.1. The highest BCUT2D eigenvalue weighted by atomic mass is 35.5. The van der Waals surface area contributed by atoms with Gasteiger partial charge in [0.05, 0.1) is 24.6 Å². The molecule has 1 fully saturated rings. The van der Waals surface area contributed by atoms with Crippen LogP contribution < -0.4 is 11.5 Å². The van der Waals surface area contributed by atoms with E-state index in [2.05, 4.69) is 10.3 Å². The van der Waals surface area contributed by atoms with Crippen LogP contribution in [-0.4, -0.2) is 39.0 Å². The van der Waals surface area contributed by atoms with E-state index in [1.165, 1.54) is 0 Å². The molecule has 2 aromatic rings. The van der Waals surface area contributed by atoms with Crippen LogP contribution >= 0.6 is 24.8 Å². The van der Waals surface area contributed by atoms with Crippen LogP contribution in [0.2, 0.25) is 0 Å². The smallest absolute Gasteiger partial charge is 0.184 e. The van der Waals surface area contributed by atoms with Gasteiger partial charge in [0.1, 0.15) is 6.54 Å². The van der Waals surface area contributed by atoms with E-state index in [-0.39, 0.29) is 55.3 Å². The second kappa shape index (κ2) is 9.84. The van der Waals surface area contributed by atoms with Gasteiger partial charge in [0.15, 0.2) is 5.78 Å². The van der Waals surface area contributed by atoms with Crippen molar-refractivity contribution in [2.24, 2.45) is 11.5 Å². The molecule has 1 aromatic carbocycles. The molecular formula is C16H23Cl2N5O2. The van der Waals surface area contributed by atoms with Crippen LogP contribution in [0.15, 0.2) is 36.5 Å². The normalized spacial score (nSPS) is 22.1. The summed E-state index contributed by atoms with van der Waals surface area (Å²) in [6, 6.07) is 9.18. The predicted octanol–water partition coefficient (Wildman–Crippen LogP) is 1.34. The van der Waals surface area contributed by atoms with Crippen molar-refractivity contribution in [2.45, 2.75) is 44.2 Å². The van der Waals surface area contributed by atoms with Gasteiger partial charge in [0.2, 0.25) is 0 Å². The maximum absolute atomic E-state index is 12.3. The molecule has 9 heteroatoms. The molecule has 0 unspecified atom stereocenters. The van der Waals surface area contributed by atoms with Crippen molar-refractivity contribution >= 4 is 30.6 Å². The van der Waals surface area contributed by atoms with Crippen LogP contribution in [0.1, 0.15) is 28.9 Å². The maximum Gasteiger partial charge on any atom is 0.184 e. The average Bonchev–Trinajstić information content (AvgIpc) is 3.12. The Bertz CT molecular complexity index is 668. The summed E-state index contributed by atoms with van der Waals surface area (Å²) in [6.45, 7) is 0.457. The molecule has 0 spiro atoms. The Morgan fingerprint density at radius 2 is 1.92 bits per heavy atom. The second-order valence-electron chi connectivity index (χ2n) is 5.92. The summed E-state index contributed by atoms with van der Waals surface area (Å²) in [5.74, 6) is -0.0167. The Kier molecular flexibility index (Phi) is 8.47. The SMILES string of the molecule is Cl.Cl.N[C@H]1C[C@@H](N)[C@H](OCc2cnnn2CC(=O)c2ccccc2)C1. The zero-order valence-electron chi connectivity index (χ0n) is 13.7. The number of Topliss-reactive ketones (excluding diaryl/α,β-unsaturated/α-hetero) is 1. The number of halogens is 2. The number of nitrogens with zero attached hydrogens (tertiary/aromatic N) is 3. The van der Waals surface area contributed by atoms with E-state index in [0.29, 0.717) is 12.2 Å². The van der Waals surface area contributed by atoms with Crippen molar-refractivity contribution in [3.8, 4) is 0 Å². The fourth-order valence-corrected chi connectivity index (χ4v) is 2.83. The molecule has 1 saturated carbocycles. The first-order valence-corrected chi connectivity index (χ1v) is 7.72. The van der Waals surface area contributed by atoms with E-state index in [1.54, 1.807) is 23.0 Å². The molecule has 0 aliphatic heterocycles. The van der Waals surface area contributed by atoms with E-state index < -0.39 is 0 Å². The standard InChI is InChI=1S/C16H21N5O2.2ClH/c17-12-6-14(18)16(7-12)23-10-13-8-19-20-21(13)9-15(22)11-4-2-1-3-5-11;;/h1-5,8,12,14,16H,6-7,9-10,17-18H2;2*1H/t12-,14+,16+;;/m0../s1. The molecule has 0 bridgehead atoms. The van der Waals surface area contributed by atoms with E-state index in [1.807, 2.05) is 18.2 Å². The summed E-state index contributed by atoms with van der Waals surface area (Å²) >= 11 is 0. The van der Waals surface area contributed by atoms with Gasteiger partial charge in [-0.25, -0.2) is 4.68 Å². The highest BCUT2D eigenvalue weighted by Crippen LogP contribution is 2.20. The third-order valence-corrected chi connectivity index (χ3v) is 4.12. The Hall–Kier alpha value is -1.51. The van der Waals surface area contributed by atoms with Crippen molar-refractivity contribution in [3.63, 3.8) is 0 Å². The minimum absolute atomic E-state index is 0. The number of ether oxygens (including phenoxy) is 1. The van der Waals surface area contributed by atoms with E-state index >= 15 is 0 Å². The number of aromatic nitrogens is 3. The number of nitrogens with two attached hydrogens (primary N) is 2. The first-order valence-electron chi connectivity index (χ1n) is 7.72. The highest BCUT2D eigenvalue weighted by Gasteiger charge is 2.30. The summed E-state index contributed by atoms with van der Waals surface area (Å²) in [6.07, 6.45) is 3.08. The van der Waals surface area contributed by atoms with Crippen LogP contribution in [0.4, 0.5) is 0 Å². The molecule has 1 aliphatic rings. The number of rotatable bonds is 6. The van der Waals surface area contributed by atoms with Crippen LogP contribution in [0, 0.1) is 0 Å². The minimum Gasteiger partial charge on any atom is -0.370 e. The first kappa shape index (κ1) is 21.5. The molecule has 0 amide bonds. The quantitative estimate of drug-likeness (QED) is 0.723. The summed E-state index contributed by atoms with van der Waals surface area (Å²) in [5, 5.41) is 7.84. The van der Waals surface area contributed by atoms with Crippen LogP contribution in [0.3, 0.4) is 0 Å². The van der Waals surface area contributed by atoms with Crippen LogP contribution in [0.5, 0.6) is 0 Å². The monoisotopic (exact) mass is 387 g/mol. The lowest BCUT2D eigenvalue weighted by Crippen LogP contribution is -2.31. The van der Waals surface area contributed by atoms with Gasteiger partial charge in [-0.3, -0.25) is 4.79 Å². The summed E-state index contributed by atoms with van der Waals surface area (Å²) in [4.78, 5) is 12.3. The fraction of sp³-hybridized carbons (Fsp3) is 0.438. The number of ketones is 1. The molecule has 1 heterocycles. The van der Waals surface area contributed by atoms with Crippen LogP contribution in [-0.2, 0) is 17.9 Å². The van der Waals surface area contributed by atoms with Gasteiger partial charge in [-0.15, -0.1) is 29.9 Å². The Morgan fingerprint density at radius 1 is 1.20 bits per heavy atom. The van der Waals surface area contributed by atoms with E-state index in [0.717, 1.165) is 18.5 Å². The van der Waals surface area contributed by atoms with Gasteiger partial charge in [0, 0.05) is 17.6 Å². The molecule has 0 saturated heterocycles. The Labute approximate surface area is 158 Å². The number of hydrogen-bond acceptors (Lipinski definition) is 6. The average molecular weight is 388 g/mol. The Morgan fingerprint density at radius 3 is 2.56 bits per heavy atom. The van der Waals surface area contributed by atoms with Gasteiger partial charge in [-0.05, 0) is 12.8 Å². The molecule has 25 heavy (non-hydrogen) atoms. The number of carbonyl (C=O) groups is 1. The van der Waals surface area contributed by atoms with Gasteiger partial charge < -0.3 is 16.2 Å². The zero-order valence-corrected chi connectivity index (χ0v) is 15.3. The summed E-state index contributed by atoms with van der Waals surface area (Å²) < 4.78 is 7.41. The summed E-state index contributed by atoms with van der Waals surface area (Å²) in [7, 11) is 0. The fourth-order valence-electron chi connectivity index (χ4n) is 2.83. The second-order valence-corrected chi connectivity index (χ2v) is 5.92. The van der Waals surface area contributed by atoms with E-state index in [4.69, 9.17) is 16.2 Å². The van der Waals surface area contributed by atoms with Gasteiger partial charge in [-0.1, -0.05) is 35.5 Å². The number of hydrogen-bond donors (Lipinski definition) is 2. The summed E-state index contributed by atoms with van der Waals surface area (Å²) in [5.41, 5.74) is 13.3. The largest absolute Gasteiger partial charge is 0.370 e. The first-order chi connectivity index (χ1) is 11.1. The molecule has 3 rings (SSSR count). The van der Waals surface area contributed by atoms with Gasteiger partial charge >= 0.3 is 0 Å². The van der Waals surface area contributed by atoms with Crippen molar-refractivity contribution in [1.29, 1.82) is 0 Å². The lowest BCUT2D eigenvalue weighted by molar-refractivity contribution is 0.0312. The highest BCUT2D eigenvalue weighted by molar-refractivity contribution is 5.95. The molecule has 1 aromatic heterocycles. The molecule has 3 atom stereocenters. The van der Waals surface area contributed by atoms with Crippen molar-refractivity contribution in [1.82, 2.24) is 15.0 Å².